The second-order valence-electron chi connectivity index (χ2n) is 11.3. The first-order chi connectivity index (χ1) is 15.6. The average Bonchev–Trinajstić information content (AvgIpc) is 2.96. The Morgan fingerprint density at radius 3 is 2.45 bits per heavy atom. The summed E-state index contributed by atoms with van der Waals surface area (Å²) in [6, 6.07) is -0.394. The van der Waals surface area contributed by atoms with Crippen LogP contribution in [-0.4, -0.2) is 82.9 Å². The van der Waals surface area contributed by atoms with Crippen molar-refractivity contribution in [2.24, 2.45) is 5.41 Å². The Bertz CT molecular complexity index is 750. The minimum absolute atomic E-state index is 0.0397. The van der Waals surface area contributed by atoms with Gasteiger partial charge in [-0.3, -0.25) is 9.63 Å². The van der Waals surface area contributed by atoms with Crippen LogP contribution >= 0.6 is 0 Å². The van der Waals surface area contributed by atoms with Gasteiger partial charge in [0.1, 0.15) is 11.6 Å². The number of urea groups is 1. The van der Waals surface area contributed by atoms with E-state index in [9.17, 15) is 14.4 Å². The lowest BCUT2D eigenvalue weighted by Crippen LogP contribution is -2.61. The van der Waals surface area contributed by atoms with Crippen LogP contribution in [0.1, 0.15) is 79.1 Å². The summed E-state index contributed by atoms with van der Waals surface area (Å²) in [5.41, 5.74) is -0.312. The van der Waals surface area contributed by atoms with Crippen molar-refractivity contribution in [3.8, 4) is 0 Å². The number of hydroxylamine groups is 2. The SMILES string of the molecule is CCCCON1C(=O)N2C[C@H]1CC[C@H]2C(=O)NC1CCC2(CC1)CN(C(=O)OC(C)(C)C)C2. The number of piperidine rings is 1. The second kappa shape index (κ2) is 9.31. The fourth-order valence-corrected chi connectivity index (χ4v) is 5.58. The van der Waals surface area contributed by atoms with E-state index in [1.54, 1.807) is 9.80 Å². The van der Waals surface area contributed by atoms with Gasteiger partial charge in [-0.2, -0.15) is 5.06 Å². The number of amides is 4. The third-order valence-corrected chi connectivity index (χ3v) is 7.45. The van der Waals surface area contributed by atoms with Gasteiger partial charge in [-0.1, -0.05) is 13.3 Å². The lowest BCUT2D eigenvalue weighted by molar-refractivity contribution is -0.131. The number of hydrogen-bond donors (Lipinski definition) is 1. The van der Waals surface area contributed by atoms with Crippen molar-refractivity contribution in [2.45, 2.75) is 103 Å². The fraction of sp³-hybridized carbons (Fsp3) is 0.875. The molecular weight excluding hydrogens is 424 g/mol. The Balaban J connectivity index is 1.22. The molecule has 0 aromatic heterocycles. The third-order valence-electron chi connectivity index (χ3n) is 7.45. The number of nitrogens with zero attached hydrogens (tertiary/aromatic N) is 3. The molecule has 0 aromatic carbocycles. The molecule has 4 fully saturated rings. The fourth-order valence-electron chi connectivity index (χ4n) is 5.58. The average molecular weight is 465 g/mol. The van der Waals surface area contributed by atoms with Crippen LogP contribution in [-0.2, 0) is 14.4 Å². The standard InChI is InChI=1S/C24H40N4O5/c1-5-6-13-32-28-18-7-8-19(27(14-18)21(28)30)20(29)25-17-9-11-24(12-10-17)15-26(16-24)22(31)33-23(2,3)4/h17-19H,5-16H2,1-4H3,(H,25,29)/t18-,19+/m1/s1. The molecule has 2 atom stereocenters. The molecule has 33 heavy (non-hydrogen) atoms. The highest BCUT2D eigenvalue weighted by Crippen LogP contribution is 2.44. The molecule has 0 radical (unpaired) electrons. The minimum atomic E-state index is -0.476. The highest BCUT2D eigenvalue weighted by Gasteiger charge is 2.50. The first-order valence-electron chi connectivity index (χ1n) is 12.6. The van der Waals surface area contributed by atoms with Crippen LogP contribution < -0.4 is 5.32 Å². The van der Waals surface area contributed by atoms with Crippen molar-refractivity contribution in [1.82, 2.24) is 20.2 Å². The topological polar surface area (TPSA) is 91.4 Å². The summed E-state index contributed by atoms with van der Waals surface area (Å²) in [6.45, 7) is 10.3. The molecule has 3 heterocycles. The van der Waals surface area contributed by atoms with E-state index in [1.807, 2.05) is 20.8 Å². The molecule has 1 aliphatic carbocycles. The van der Waals surface area contributed by atoms with E-state index in [2.05, 4.69) is 12.2 Å². The zero-order chi connectivity index (χ0) is 23.8. The molecule has 3 aliphatic heterocycles. The van der Waals surface area contributed by atoms with Crippen LogP contribution in [0.15, 0.2) is 0 Å². The van der Waals surface area contributed by atoms with Gasteiger partial charge in [0, 0.05) is 31.1 Å². The van der Waals surface area contributed by atoms with Gasteiger partial charge >= 0.3 is 12.1 Å². The van der Waals surface area contributed by atoms with Crippen LogP contribution in [0.5, 0.6) is 0 Å². The van der Waals surface area contributed by atoms with Crippen molar-refractivity contribution < 1.29 is 24.0 Å². The van der Waals surface area contributed by atoms with Gasteiger partial charge in [-0.15, -0.1) is 0 Å². The summed E-state index contributed by atoms with van der Waals surface area (Å²) in [4.78, 5) is 47.3. The molecule has 0 aromatic rings. The number of hydrogen-bond acceptors (Lipinski definition) is 5. The quantitative estimate of drug-likeness (QED) is 0.609. The molecule has 9 nitrogen and oxygen atoms in total. The Hall–Kier alpha value is -2.03. The maximum absolute atomic E-state index is 13.1. The molecule has 4 aliphatic rings. The van der Waals surface area contributed by atoms with E-state index in [1.165, 1.54) is 5.06 Å². The molecule has 186 valence electrons. The number of carbonyl (C=O) groups is 3. The maximum Gasteiger partial charge on any atom is 0.410 e. The molecule has 4 rings (SSSR count). The first kappa shape index (κ1) is 24.1. The summed E-state index contributed by atoms with van der Waals surface area (Å²) < 4.78 is 5.47. The predicted molar refractivity (Wildman–Crippen MR) is 122 cm³/mol. The van der Waals surface area contributed by atoms with Crippen molar-refractivity contribution in [3.63, 3.8) is 0 Å². The normalized spacial score (nSPS) is 27.0. The van der Waals surface area contributed by atoms with E-state index in [-0.39, 0.29) is 35.5 Å². The maximum atomic E-state index is 13.1. The van der Waals surface area contributed by atoms with E-state index in [0.717, 1.165) is 58.0 Å². The molecule has 4 amide bonds. The molecule has 3 saturated heterocycles. The van der Waals surface area contributed by atoms with Gasteiger partial charge in [-0.05, 0) is 65.7 Å². The number of carbonyl (C=O) groups excluding carboxylic acids is 3. The lowest BCUT2D eigenvalue weighted by atomic mass is 9.67. The van der Waals surface area contributed by atoms with E-state index in [0.29, 0.717) is 19.6 Å². The predicted octanol–water partition coefficient (Wildman–Crippen LogP) is 3.28. The molecule has 1 N–H and O–H groups in total. The largest absolute Gasteiger partial charge is 0.444 e. The number of fused-ring (bicyclic) bond motifs is 2. The summed E-state index contributed by atoms with van der Waals surface area (Å²) in [6.07, 6.45) is 6.96. The van der Waals surface area contributed by atoms with Crippen molar-refractivity contribution in [2.75, 3.05) is 26.2 Å². The zero-order valence-corrected chi connectivity index (χ0v) is 20.6. The van der Waals surface area contributed by atoms with Gasteiger partial charge in [0.25, 0.3) is 0 Å². The van der Waals surface area contributed by atoms with E-state index >= 15 is 0 Å². The smallest absolute Gasteiger partial charge is 0.410 e. The second-order valence-corrected chi connectivity index (χ2v) is 11.3. The molecule has 2 bridgehead atoms. The van der Waals surface area contributed by atoms with Crippen LogP contribution in [0.3, 0.4) is 0 Å². The molecule has 1 saturated carbocycles. The number of nitrogens with one attached hydrogen (secondary N) is 1. The Morgan fingerprint density at radius 1 is 1.12 bits per heavy atom. The number of unbranched alkanes of at least 4 members (excludes halogenated alkanes) is 1. The number of ether oxygens (including phenoxy) is 1. The van der Waals surface area contributed by atoms with Gasteiger partial charge in [0.05, 0.1) is 12.6 Å². The van der Waals surface area contributed by atoms with E-state index < -0.39 is 11.6 Å². The van der Waals surface area contributed by atoms with Crippen molar-refractivity contribution >= 4 is 18.0 Å². The van der Waals surface area contributed by atoms with Gasteiger partial charge in [-0.25, -0.2) is 9.59 Å². The van der Waals surface area contributed by atoms with Crippen LogP contribution in [0, 0.1) is 5.41 Å². The summed E-state index contributed by atoms with van der Waals surface area (Å²) in [5.74, 6) is -0.0397. The monoisotopic (exact) mass is 464 g/mol. The van der Waals surface area contributed by atoms with Crippen molar-refractivity contribution in [1.29, 1.82) is 0 Å². The zero-order valence-electron chi connectivity index (χ0n) is 20.6. The molecule has 0 unspecified atom stereocenters. The molecule has 9 heteroatoms. The summed E-state index contributed by atoms with van der Waals surface area (Å²) in [5, 5.41) is 4.71. The van der Waals surface area contributed by atoms with Crippen LogP contribution in [0.4, 0.5) is 9.59 Å². The van der Waals surface area contributed by atoms with Gasteiger partial charge in [0.2, 0.25) is 5.91 Å². The third kappa shape index (κ3) is 5.23. The number of likely N-dealkylation sites (tertiary alicyclic amines) is 1. The summed E-state index contributed by atoms with van der Waals surface area (Å²) >= 11 is 0. The highest BCUT2D eigenvalue weighted by molar-refractivity contribution is 5.88. The lowest BCUT2D eigenvalue weighted by Gasteiger charge is -2.53. The van der Waals surface area contributed by atoms with Gasteiger partial charge < -0.3 is 19.9 Å². The Labute approximate surface area is 197 Å². The van der Waals surface area contributed by atoms with Crippen LogP contribution in [0.2, 0.25) is 0 Å². The number of rotatable bonds is 6. The minimum Gasteiger partial charge on any atom is -0.444 e. The summed E-state index contributed by atoms with van der Waals surface area (Å²) in [7, 11) is 0. The van der Waals surface area contributed by atoms with Crippen LogP contribution in [0.25, 0.3) is 0 Å². The molecule has 1 spiro atoms. The van der Waals surface area contributed by atoms with E-state index in [4.69, 9.17) is 9.57 Å². The first-order valence-corrected chi connectivity index (χ1v) is 12.6. The molecular formula is C24H40N4O5. The highest BCUT2D eigenvalue weighted by atomic mass is 16.7. The Morgan fingerprint density at radius 2 is 1.82 bits per heavy atom. The Kier molecular flexibility index (Phi) is 6.80. The van der Waals surface area contributed by atoms with Gasteiger partial charge in [0.15, 0.2) is 0 Å². The van der Waals surface area contributed by atoms with Crippen molar-refractivity contribution in [3.05, 3.63) is 0 Å².